The molecule has 1 aliphatic heterocycles. The zero-order valence-corrected chi connectivity index (χ0v) is 21.0. The first-order valence-electron chi connectivity index (χ1n) is 11.5. The fraction of sp³-hybridized carbons (Fsp3) is 0.250. The Hall–Kier alpha value is -3.89. The third kappa shape index (κ3) is 4.52. The van der Waals surface area contributed by atoms with Crippen molar-refractivity contribution in [2.24, 2.45) is 0 Å². The van der Waals surface area contributed by atoms with Gasteiger partial charge in [-0.05, 0) is 62.1 Å². The van der Waals surface area contributed by atoms with Gasteiger partial charge in [0.25, 0.3) is 5.91 Å². The summed E-state index contributed by atoms with van der Waals surface area (Å²) in [6, 6.07) is 16.9. The van der Waals surface area contributed by atoms with Crippen LogP contribution in [0.4, 0.5) is 20.6 Å². The van der Waals surface area contributed by atoms with Gasteiger partial charge in [0.1, 0.15) is 5.54 Å². The molecule has 0 N–H and O–H groups in total. The van der Waals surface area contributed by atoms with E-state index < -0.39 is 17.4 Å². The molecule has 0 saturated carbocycles. The van der Waals surface area contributed by atoms with E-state index in [2.05, 4.69) is 4.85 Å². The second-order valence-corrected chi connectivity index (χ2v) is 9.38. The topological polar surface area (TPSA) is 54.2 Å². The lowest BCUT2D eigenvalue weighted by molar-refractivity contribution is -0.123. The summed E-state index contributed by atoms with van der Waals surface area (Å²) in [5, 5.41) is 0.216. The monoisotopic (exact) mass is 505 g/mol. The third-order valence-electron chi connectivity index (χ3n) is 6.34. The highest BCUT2D eigenvalue weighted by Crippen LogP contribution is 2.39. The lowest BCUT2D eigenvalue weighted by atomic mass is 10.0. The maximum Gasteiger partial charge on any atom is 0.332 e. The van der Waals surface area contributed by atoms with Crippen LogP contribution in [-0.2, 0) is 4.79 Å². The highest BCUT2D eigenvalue weighted by atomic mass is 35.5. The Morgan fingerprint density at radius 3 is 2.44 bits per heavy atom. The summed E-state index contributed by atoms with van der Waals surface area (Å²) >= 11 is 6.27. The van der Waals surface area contributed by atoms with Crippen molar-refractivity contribution < 1.29 is 18.7 Å². The van der Waals surface area contributed by atoms with Crippen LogP contribution in [0, 0.1) is 19.3 Å². The summed E-state index contributed by atoms with van der Waals surface area (Å²) in [5.74, 6) is -0.722. The van der Waals surface area contributed by atoms with E-state index in [0.717, 1.165) is 16.0 Å². The van der Waals surface area contributed by atoms with Crippen molar-refractivity contribution in [2.75, 3.05) is 18.1 Å². The molecule has 4 rings (SSSR count). The second kappa shape index (κ2) is 10.00. The van der Waals surface area contributed by atoms with Gasteiger partial charge in [0.05, 0.1) is 23.9 Å². The Balaban J connectivity index is 1.42. The Bertz CT molecular complexity index is 1370. The molecule has 1 heterocycles. The summed E-state index contributed by atoms with van der Waals surface area (Å²) in [6.07, 6.45) is 0.395. The number of hydrogen-bond donors (Lipinski definition) is 0. The average Bonchev–Trinajstić information content (AvgIpc) is 3.03. The van der Waals surface area contributed by atoms with E-state index in [1.54, 1.807) is 39.0 Å². The smallest absolute Gasteiger partial charge is 0.332 e. The molecule has 3 aromatic rings. The molecule has 0 spiro atoms. The minimum absolute atomic E-state index is 0.129. The molecule has 1 fully saturated rings. The molecule has 0 atom stereocenters. The maximum absolute atomic E-state index is 14.6. The minimum Gasteiger partial charge on any atom is -0.490 e. The van der Waals surface area contributed by atoms with Crippen molar-refractivity contribution in [1.82, 2.24) is 4.90 Å². The number of carbonyl (C=O) groups is 2. The van der Waals surface area contributed by atoms with Gasteiger partial charge in [-0.25, -0.2) is 18.9 Å². The van der Waals surface area contributed by atoms with E-state index in [-0.39, 0.29) is 35.5 Å². The minimum atomic E-state index is -1.09. The second-order valence-electron chi connectivity index (χ2n) is 9.00. The summed E-state index contributed by atoms with van der Waals surface area (Å²) in [5.41, 5.74) is 1.68. The molecule has 36 heavy (non-hydrogen) atoms. The van der Waals surface area contributed by atoms with Gasteiger partial charge in [0, 0.05) is 6.54 Å². The van der Waals surface area contributed by atoms with E-state index in [1.807, 2.05) is 30.3 Å². The first-order valence-corrected chi connectivity index (χ1v) is 11.8. The van der Waals surface area contributed by atoms with Gasteiger partial charge in [-0.3, -0.25) is 4.79 Å². The maximum atomic E-state index is 14.6. The van der Waals surface area contributed by atoms with Crippen LogP contribution in [0.3, 0.4) is 0 Å². The quantitative estimate of drug-likeness (QED) is 0.197. The summed E-state index contributed by atoms with van der Waals surface area (Å²) < 4.78 is 20.2. The summed E-state index contributed by atoms with van der Waals surface area (Å²) in [6.45, 7) is 12.6. The zero-order valence-electron chi connectivity index (χ0n) is 20.2. The standard InChI is InChI=1S/C28H25ClFN3O3/c1-18-23(13-12-22(31-4)25(18)29)33-26(34)28(2,3)32(27(33)35)15-8-16-36-24-14-11-20(17-21(24)30)19-9-6-5-7-10-19/h5-7,9-14,17H,8,15-16H2,1-3H3. The molecule has 8 heteroatoms. The average molecular weight is 506 g/mol. The first kappa shape index (κ1) is 25.2. The van der Waals surface area contributed by atoms with Crippen molar-refractivity contribution in [3.05, 3.63) is 88.5 Å². The van der Waals surface area contributed by atoms with Gasteiger partial charge in [-0.1, -0.05) is 54.1 Å². The van der Waals surface area contributed by atoms with E-state index >= 15 is 0 Å². The number of anilines is 1. The van der Waals surface area contributed by atoms with Gasteiger partial charge >= 0.3 is 6.03 Å². The van der Waals surface area contributed by atoms with Crippen molar-refractivity contribution in [3.8, 4) is 16.9 Å². The molecule has 3 aromatic carbocycles. The number of nitrogens with zero attached hydrogens (tertiary/aromatic N) is 3. The molecule has 6 nitrogen and oxygen atoms in total. The molecule has 3 amide bonds. The molecule has 1 aliphatic rings. The van der Waals surface area contributed by atoms with Crippen molar-refractivity contribution in [1.29, 1.82) is 0 Å². The van der Waals surface area contributed by atoms with Gasteiger partial charge < -0.3 is 9.64 Å². The summed E-state index contributed by atoms with van der Waals surface area (Å²) in [7, 11) is 0. The first-order chi connectivity index (χ1) is 17.2. The zero-order chi connectivity index (χ0) is 26.0. The Kier molecular flexibility index (Phi) is 7.00. The highest BCUT2D eigenvalue weighted by molar-refractivity contribution is 6.35. The predicted molar refractivity (Wildman–Crippen MR) is 138 cm³/mol. The molecular weight excluding hydrogens is 481 g/mol. The molecule has 0 unspecified atom stereocenters. The molecule has 0 radical (unpaired) electrons. The van der Waals surface area contributed by atoms with Gasteiger partial charge in [-0.2, -0.15) is 0 Å². The van der Waals surface area contributed by atoms with Crippen molar-refractivity contribution in [2.45, 2.75) is 32.7 Å². The van der Waals surface area contributed by atoms with Gasteiger partial charge in [0.2, 0.25) is 5.69 Å². The van der Waals surface area contributed by atoms with Crippen LogP contribution < -0.4 is 9.64 Å². The fourth-order valence-corrected chi connectivity index (χ4v) is 4.45. The highest BCUT2D eigenvalue weighted by Gasteiger charge is 2.51. The number of ether oxygens (including phenoxy) is 1. The van der Waals surface area contributed by atoms with Crippen LogP contribution in [0.15, 0.2) is 60.7 Å². The molecule has 0 bridgehead atoms. The normalized spacial score (nSPS) is 14.8. The SMILES string of the molecule is [C-]#[N+]c1ccc(N2C(=O)N(CCCOc3ccc(-c4ccccc4)cc3F)C(C)(C)C2=O)c(C)c1Cl. The lowest BCUT2D eigenvalue weighted by Crippen LogP contribution is -2.44. The number of halogens is 2. The van der Waals surface area contributed by atoms with Crippen LogP contribution in [0.2, 0.25) is 5.02 Å². The number of rotatable bonds is 7. The van der Waals surface area contributed by atoms with Crippen molar-refractivity contribution >= 4 is 34.9 Å². The van der Waals surface area contributed by atoms with Crippen LogP contribution in [-0.4, -0.2) is 35.5 Å². The summed E-state index contributed by atoms with van der Waals surface area (Å²) in [4.78, 5) is 32.4. The Morgan fingerprint density at radius 1 is 1.06 bits per heavy atom. The van der Waals surface area contributed by atoms with E-state index in [0.29, 0.717) is 17.7 Å². The van der Waals surface area contributed by atoms with Crippen LogP contribution in [0.25, 0.3) is 16.0 Å². The van der Waals surface area contributed by atoms with Crippen LogP contribution >= 0.6 is 11.6 Å². The molecule has 0 aliphatic carbocycles. The number of benzene rings is 3. The molecule has 0 aromatic heterocycles. The molecular formula is C28H25ClFN3O3. The number of imide groups is 1. The van der Waals surface area contributed by atoms with E-state index in [9.17, 15) is 14.0 Å². The number of hydrogen-bond acceptors (Lipinski definition) is 3. The Labute approximate surface area is 214 Å². The predicted octanol–water partition coefficient (Wildman–Crippen LogP) is 7.02. The van der Waals surface area contributed by atoms with Crippen LogP contribution in [0.1, 0.15) is 25.8 Å². The lowest BCUT2D eigenvalue weighted by Gasteiger charge is -2.27. The number of carbonyl (C=O) groups excluding carboxylic acids is 2. The van der Waals surface area contributed by atoms with E-state index in [4.69, 9.17) is 22.9 Å². The molecule has 1 saturated heterocycles. The van der Waals surface area contributed by atoms with Gasteiger partial charge in [-0.15, -0.1) is 0 Å². The molecule has 184 valence electrons. The largest absolute Gasteiger partial charge is 0.490 e. The fourth-order valence-electron chi connectivity index (χ4n) is 4.25. The van der Waals surface area contributed by atoms with Crippen molar-refractivity contribution in [3.63, 3.8) is 0 Å². The third-order valence-corrected chi connectivity index (χ3v) is 6.82. The van der Waals surface area contributed by atoms with Gasteiger partial charge in [0.15, 0.2) is 11.6 Å². The van der Waals surface area contributed by atoms with Crippen LogP contribution in [0.5, 0.6) is 5.75 Å². The number of amides is 3. The van der Waals surface area contributed by atoms with E-state index in [1.165, 1.54) is 17.0 Å². The number of urea groups is 1. The Morgan fingerprint density at radius 2 is 1.78 bits per heavy atom.